The summed E-state index contributed by atoms with van der Waals surface area (Å²) in [6.07, 6.45) is 4.48. The van der Waals surface area contributed by atoms with E-state index < -0.39 is 0 Å². The molecule has 1 aromatic rings. The summed E-state index contributed by atoms with van der Waals surface area (Å²) in [6, 6.07) is 5.05. The van der Waals surface area contributed by atoms with E-state index >= 15 is 0 Å². The highest BCUT2D eigenvalue weighted by Gasteiger charge is 2.22. The van der Waals surface area contributed by atoms with Crippen LogP contribution in [0.2, 0.25) is 0 Å². The summed E-state index contributed by atoms with van der Waals surface area (Å²) >= 11 is 0. The zero-order valence-corrected chi connectivity index (χ0v) is 13.8. The maximum Gasteiger partial charge on any atom is 0.0544 e. The highest BCUT2D eigenvalue weighted by molar-refractivity contribution is 5.14. The fraction of sp³-hybridized carbons (Fsp3) is 0.706. The SMILES string of the molecule is CCNCc1ccc(CN2CCCN(C)CC2CC)nc1. The Labute approximate surface area is 129 Å². The summed E-state index contributed by atoms with van der Waals surface area (Å²) in [7, 11) is 2.24. The van der Waals surface area contributed by atoms with E-state index in [0.29, 0.717) is 6.04 Å². The quantitative estimate of drug-likeness (QED) is 0.869. The van der Waals surface area contributed by atoms with Gasteiger partial charge in [0.25, 0.3) is 0 Å². The number of hydrogen-bond acceptors (Lipinski definition) is 4. The Bertz CT molecular complexity index is 404. The third-order valence-electron chi connectivity index (χ3n) is 4.33. The monoisotopic (exact) mass is 290 g/mol. The lowest BCUT2D eigenvalue weighted by Crippen LogP contribution is -2.39. The van der Waals surface area contributed by atoms with Crippen molar-refractivity contribution in [3.05, 3.63) is 29.6 Å². The van der Waals surface area contributed by atoms with Crippen LogP contribution in [-0.4, -0.2) is 54.1 Å². The van der Waals surface area contributed by atoms with E-state index in [1.807, 2.05) is 6.20 Å². The molecule has 0 saturated carbocycles. The molecular formula is C17H30N4. The van der Waals surface area contributed by atoms with E-state index in [1.54, 1.807) is 0 Å². The van der Waals surface area contributed by atoms with Crippen LogP contribution in [-0.2, 0) is 13.1 Å². The Hall–Kier alpha value is -0.970. The topological polar surface area (TPSA) is 31.4 Å². The number of hydrogen-bond donors (Lipinski definition) is 1. The lowest BCUT2D eigenvalue weighted by atomic mass is 10.1. The molecule has 1 atom stereocenters. The molecule has 2 rings (SSSR count). The molecule has 1 N–H and O–H groups in total. The maximum absolute atomic E-state index is 4.65. The minimum atomic E-state index is 0.653. The number of pyridine rings is 1. The van der Waals surface area contributed by atoms with Crippen LogP contribution in [0.5, 0.6) is 0 Å². The molecule has 0 bridgehead atoms. The van der Waals surface area contributed by atoms with Crippen molar-refractivity contribution >= 4 is 0 Å². The average Bonchev–Trinajstić information content (AvgIpc) is 2.68. The van der Waals surface area contributed by atoms with Crippen LogP contribution in [0.25, 0.3) is 0 Å². The van der Waals surface area contributed by atoms with Crippen LogP contribution in [0, 0.1) is 0 Å². The smallest absolute Gasteiger partial charge is 0.0544 e. The van der Waals surface area contributed by atoms with Gasteiger partial charge in [-0.15, -0.1) is 0 Å². The van der Waals surface area contributed by atoms with Gasteiger partial charge in [-0.2, -0.15) is 0 Å². The first-order chi connectivity index (χ1) is 10.2. The van der Waals surface area contributed by atoms with E-state index in [9.17, 15) is 0 Å². The Morgan fingerprint density at radius 1 is 1.29 bits per heavy atom. The van der Waals surface area contributed by atoms with Crippen LogP contribution >= 0.6 is 0 Å². The second-order valence-electron chi connectivity index (χ2n) is 6.09. The van der Waals surface area contributed by atoms with Crippen molar-refractivity contribution in [2.75, 3.05) is 33.2 Å². The number of nitrogens with zero attached hydrogens (tertiary/aromatic N) is 3. The first kappa shape index (κ1) is 16.4. The Balaban J connectivity index is 1.95. The molecule has 1 unspecified atom stereocenters. The van der Waals surface area contributed by atoms with Crippen molar-refractivity contribution in [3.8, 4) is 0 Å². The molecular weight excluding hydrogens is 260 g/mol. The van der Waals surface area contributed by atoms with E-state index in [1.165, 1.54) is 43.7 Å². The molecule has 0 aliphatic carbocycles. The van der Waals surface area contributed by atoms with Crippen LogP contribution in [0.3, 0.4) is 0 Å². The van der Waals surface area contributed by atoms with E-state index in [0.717, 1.165) is 19.6 Å². The highest BCUT2D eigenvalue weighted by Crippen LogP contribution is 2.15. The standard InChI is InChI=1S/C17H30N4/c1-4-17-14-20(3)9-6-10-21(17)13-16-8-7-15(12-19-16)11-18-5-2/h7-8,12,17-18H,4-6,9-11,13-14H2,1-3H3. The Morgan fingerprint density at radius 3 is 2.81 bits per heavy atom. The Kier molecular flexibility index (Phi) is 6.61. The minimum Gasteiger partial charge on any atom is -0.313 e. The molecule has 1 aliphatic rings. The van der Waals surface area contributed by atoms with Gasteiger partial charge in [0.05, 0.1) is 5.69 Å². The van der Waals surface area contributed by atoms with Crippen molar-refractivity contribution in [2.24, 2.45) is 0 Å². The third kappa shape index (κ3) is 5.06. The molecule has 4 heteroatoms. The van der Waals surface area contributed by atoms with Gasteiger partial charge < -0.3 is 10.2 Å². The Morgan fingerprint density at radius 2 is 2.14 bits per heavy atom. The third-order valence-corrected chi connectivity index (χ3v) is 4.33. The van der Waals surface area contributed by atoms with Crippen LogP contribution in [0.15, 0.2) is 18.3 Å². The fourth-order valence-corrected chi connectivity index (χ4v) is 3.02. The van der Waals surface area contributed by atoms with Gasteiger partial charge in [-0.3, -0.25) is 9.88 Å². The summed E-state index contributed by atoms with van der Waals surface area (Å²) in [5.74, 6) is 0. The molecule has 4 nitrogen and oxygen atoms in total. The lowest BCUT2D eigenvalue weighted by molar-refractivity contribution is 0.174. The molecule has 21 heavy (non-hydrogen) atoms. The second-order valence-corrected chi connectivity index (χ2v) is 6.09. The van der Waals surface area contributed by atoms with Crippen molar-refractivity contribution < 1.29 is 0 Å². The molecule has 1 fully saturated rings. The predicted molar refractivity (Wildman–Crippen MR) is 88.2 cm³/mol. The molecule has 2 heterocycles. The number of nitrogens with one attached hydrogen (secondary N) is 1. The average molecular weight is 290 g/mol. The van der Waals surface area contributed by atoms with Crippen LogP contribution in [0.1, 0.15) is 37.9 Å². The van der Waals surface area contributed by atoms with E-state index in [4.69, 9.17) is 0 Å². The van der Waals surface area contributed by atoms with Crippen molar-refractivity contribution in [3.63, 3.8) is 0 Å². The van der Waals surface area contributed by atoms with Gasteiger partial charge in [0.15, 0.2) is 0 Å². The van der Waals surface area contributed by atoms with Gasteiger partial charge in [0.1, 0.15) is 0 Å². The van der Waals surface area contributed by atoms with Gasteiger partial charge >= 0.3 is 0 Å². The maximum atomic E-state index is 4.65. The van der Waals surface area contributed by atoms with Crippen LogP contribution < -0.4 is 5.32 Å². The second kappa shape index (κ2) is 8.47. The number of aromatic nitrogens is 1. The van der Waals surface area contributed by atoms with Gasteiger partial charge in [0, 0.05) is 38.4 Å². The summed E-state index contributed by atoms with van der Waals surface area (Å²) in [5.41, 5.74) is 2.46. The summed E-state index contributed by atoms with van der Waals surface area (Å²) < 4.78 is 0. The molecule has 0 spiro atoms. The van der Waals surface area contributed by atoms with E-state index in [2.05, 4.69) is 53.1 Å². The van der Waals surface area contributed by atoms with Crippen molar-refractivity contribution in [1.29, 1.82) is 0 Å². The molecule has 1 aliphatic heterocycles. The fourth-order valence-electron chi connectivity index (χ4n) is 3.02. The van der Waals surface area contributed by atoms with Gasteiger partial charge in [0.2, 0.25) is 0 Å². The predicted octanol–water partition coefficient (Wildman–Crippen LogP) is 2.11. The van der Waals surface area contributed by atoms with Crippen molar-refractivity contribution in [1.82, 2.24) is 20.1 Å². The van der Waals surface area contributed by atoms with Gasteiger partial charge in [-0.05, 0) is 44.6 Å². The zero-order chi connectivity index (χ0) is 15.1. The first-order valence-electron chi connectivity index (χ1n) is 8.30. The number of rotatable bonds is 6. The molecule has 1 saturated heterocycles. The minimum absolute atomic E-state index is 0.653. The van der Waals surface area contributed by atoms with Gasteiger partial charge in [-0.1, -0.05) is 19.9 Å². The van der Waals surface area contributed by atoms with Crippen LogP contribution in [0.4, 0.5) is 0 Å². The molecule has 118 valence electrons. The van der Waals surface area contributed by atoms with Crippen molar-refractivity contribution in [2.45, 2.75) is 45.8 Å². The molecule has 0 radical (unpaired) electrons. The summed E-state index contributed by atoms with van der Waals surface area (Å²) in [4.78, 5) is 9.72. The zero-order valence-electron chi connectivity index (χ0n) is 13.8. The molecule has 0 aromatic carbocycles. The largest absolute Gasteiger partial charge is 0.313 e. The summed E-state index contributed by atoms with van der Waals surface area (Å²) in [5, 5.41) is 3.34. The summed E-state index contributed by atoms with van der Waals surface area (Å²) in [6.45, 7) is 10.9. The molecule has 1 aromatic heterocycles. The first-order valence-corrected chi connectivity index (χ1v) is 8.30. The van der Waals surface area contributed by atoms with E-state index in [-0.39, 0.29) is 0 Å². The highest BCUT2D eigenvalue weighted by atomic mass is 15.2. The van der Waals surface area contributed by atoms with Gasteiger partial charge in [-0.25, -0.2) is 0 Å². The number of likely N-dealkylation sites (N-methyl/N-ethyl adjacent to an activating group) is 1. The lowest BCUT2D eigenvalue weighted by Gasteiger charge is -2.29. The molecule has 0 amide bonds. The normalized spacial score (nSPS) is 21.4.